The summed E-state index contributed by atoms with van der Waals surface area (Å²) in [6.45, 7) is 2.93. The highest BCUT2D eigenvalue weighted by molar-refractivity contribution is 9.10. The Bertz CT molecular complexity index is 911. The highest BCUT2D eigenvalue weighted by atomic mass is 79.9. The van der Waals surface area contributed by atoms with E-state index in [1.54, 1.807) is 29.0 Å². The lowest BCUT2D eigenvalue weighted by molar-refractivity contribution is -0.121. The average molecular weight is 553 g/mol. The summed E-state index contributed by atoms with van der Waals surface area (Å²) in [5, 5.41) is 20.3. The number of carbonyl (C=O) groups is 2. The summed E-state index contributed by atoms with van der Waals surface area (Å²) >= 11 is 3.27. The monoisotopic (exact) mass is 552 g/mol. The molecule has 5 atom stereocenters. The highest BCUT2D eigenvalue weighted by Crippen LogP contribution is 2.24. The number of nitrogens with one attached hydrogen (secondary N) is 1. The normalized spacial score (nSPS) is 24.0. The SMILES string of the molecule is CC(C)CC(N)C(=O)NS(=O)(=O)OCC1OC(CCOC(=O)c2ccc(Br)cc2)C(O)C1O. The van der Waals surface area contributed by atoms with E-state index in [-0.39, 0.29) is 25.4 Å². The molecule has 1 heterocycles. The molecule has 13 heteroatoms. The predicted octanol–water partition coefficient (Wildman–Crippen LogP) is 0.236. The maximum atomic E-state index is 12.0. The van der Waals surface area contributed by atoms with Gasteiger partial charge in [0.1, 0.15) is 18.3 Å². The molecule has 2 rings (SSSR count). The fourth-order valence-electron chi connectivity index (χ4n) is 3.14. The number of nitrogens with two attached hydrogens (primary N) is 1. The zero-order valence-electron chi connectivity index (χ0n) is 18.2. The molecule has 0 aliphatic carbocycles. The third kappa shape index (κ3) is 8.59. The molecule has 5 unspecified atom stereocenters. The summed E-state index contributed by atoms with van der Waals surface area (Å²) in [6.07, 6.45) is -4.53. The molecule has 1 aromatic rings. The van der Waals surface area contributed by atoms with Crippen LogP contribution in [0.15, 0.2) is 28.7 Å². The molecule has 0 saturated carbocycles. The number of esters is 1. The van der Waals surface area contributed by atoms with Crippen molar-refractivity contribution in [3.8, 4) is 0 Å². The van der Waals surface area contributed by atoms with E-state index in [9.17, 15) is 28.2 Å². The van der Waals surface area contributed by atoms with Crippen LogP contribution < -0.4 is 10.5 Å². The van der Waals surface area contributed by atoms with Crippen molar-refractivity contribution in [2.45, 2.75) is 57.1 Å². The molecule has 0 spiro atoms. The van der Waals surface area contributed by atoms with Gasteiger partial charge < -0.3 is 25.4 Å². The Morgan fingerprint density at radius 1 is 1.18 bits per heavy atom. The molecule has 0 aromatic heterocycles. The van der Waals surface area contributed by atoms with Crippen LogP contribution in [0.2, 0.25) is 0 Å². The van der Waals surface area contributed by atoms with Crippen LogP contribution in [0, 0.1) is 5.92 Å². The van der Waals surface area contributed by atoms with Gasteiger partial charge in [0, 0.05) is 10.9 Å². The molecule has 1 aromatic carbocycles. The van der Waals surface area contributed by atoms with Gasteiger partial charge in [0.15, 0.2) is 0 Å². The summed E-state index contributed by atoms with van der Waals surface area (Å²) in [4.78, 5) is 23.9. The van der Waals surface area contributed by atoms with E-state index in [2.05, 4.69) is 15.9 Å². The smallest absolute Gasteiger partial charge is 0.362 e. The number of halogens is 1. The number of hydrogen-bond acceptors (Lipinski definition) is 10. The molecule has 33 heavy (non-hydrogen) atoms. The van der Waals surface area contributed by atoms with Gasteiger partial charge in [-0.15, -0.1) is 0 Å². The first-order valence-corrected chi connectivity index (χ1v) is 12.5. The van der Waals surface area contributed by atoms with Gasteiger partial charge in [0.05, 0.1) is 30.9 Å². The quantitative estimate of drug-likeness (QED) is 0.278. The van der Waals surface area contributed by atoms with Crippen molar-refractivity contribution in [1.29, 1.82) is 0 Å². The van der Waals surface area contributed by atoms with E-state index in [0.29, 0.717) is 5.56 Å². The fourth-order valence-corrected chi connectivity index (χ4v) is 4.17. The molecule has 186 valence electrons. The standard InChI is InChI=1S/C20H29BrN2O9S/c1-11(2)9-14(22)19(26)23-33(28,29)31-10-16-18(25)17(24)15(32-16)7-8-30-20(27)12-3-5-13(21)6-4-12/h3-6,11,14-18,24-25H,7-10,22H2,1-2H3,(H,23,26). The van der Waals surface area contributed by atoms with E-state index in [4.69, 9.17) is 19.4 Å². The van der Waals surface area contributed by atoms with Crippen LogP contribution >= 0.6 is 15.9 Å². The van der Waals surface area contributed by atoms with Crippen LogP contribution in [0.4, 0.5) is 0 Å². The first-order valence-electron chi connectivity index (χ1n) is 10.3. The number of carbonyl (C=O) groups excluding carboxylic acids is 2. The van der Waals surface area contributed by atoms with E-state index in [1.165, 1.54) is 0 Å². The van der Waals surface area contributed by atoms with Gasteiger partial charge in [0.2, 0.25) is 0 Å². The Hall–Kier alpha value is -1.61. The molecule has 0 radical (unpaired) electrons. The first-order chi connectivity index (χ1) is 15.4. The molecular weight excluding hydrogens is 524 g/mol. The molecular formula is C20H29BrN2O9S. The molecule has 1 amide bonds. The average Bonchev–Trinajstić information content (AvgIpc) is 3.00. The second kappa shape index (κ2) is 12.2. The van der Waals surface area contributed by atoms with Gasteiger partial charge in [0.25, 0.3) is 5.91 Å². The van der Waals surface area contributed by atoms with E-state index in [1.807, 2.05) is 13.8 Å². The number of ether oxygens (including phenoxy) is 2. The lowest BCUT2D eigenvalue weighted by Gasteiger charge is -2.17. The van der Waals surface area contributed by atoms with E-state index < -0.39 is 59.2 Å². The molecule has 0 bridgehead atoms. The summed E-state index contributed by atoms with van der Waals surface area (Å²) in [7, 11) is -4.49. The zero-order chi connectivity index (χ0) is 24.8. The van der Waals surface area contributed by atoms with Crippen molar-refractivity contribution in [2.75, 3.05) is 13.2 Å². The van der Waals surface area contributed by atoms with Gasteiger partial charge in [-0.05, 0) is 36.6 Å². The summed E-state index contributed by atoms with van der Waals surface area (Å²) in [5.41, 5.74) is 5.99. The van der Waals surface area contributed by atoms with Crippen molar-refractivity contribution in [3.05, 3.63) is 34.3 Å². The molecule has 1 fully saturated rings. The van der Waals surface area contributed by atoms with Crippen molar-refractivity contribution < 1.29 is 41.9 Å². The lowest BCUT2D eigenvalue weighted by Crippen LogP contribution is -2.45. The number of amides is 1. The Kier molecular flexibility index (Phi) is 10.2. The third-order valence-corrected chi connectivity index (χ3v) is 6.28. The van der Waals surface area contributed by atoms with Crippen LogP contribution in [-0.4, -0.2) is 74.2 Å². The number of benzene rings is 1. The van der Waals surface area contributed by atoms with Gasteiger partial charge in [-0.25, -0.2) is 9.52 Å². The van der Waals surface area contributed by atoms with Crippen LogP contribution in [0.1, 0.15) is 37.0 Å². The minimum absolute atomic E-state index is 0.0601. The number of aliphatic hydroxyl groups is 2. The zero-order valence-corrected chi connectivity index (χ0v) is 20.6. The fraction of sp³-hybridized carbons (Fsp3) is 0.600. The highest BCUT2D eigenvalue weighted by Gasteiger charge is 2.43. The number of rotatable bonds is 11. The Labute approximate surface area is 201 Å². The summed E-state index contributed by atoms with van der Waals surface area (Å²) in [5.74, 6) is -1.39. The molecule has 1 saturated heterocycles. The largest absolute Gasteiger partial charge is 0.462 e. The van der Waals surface area contributed by atoms with Gasteiger partial charge in [-0.2, -0.15) is 8.42 Å². The van der Waals surface area contributed by atoms with Crippen LogP contribution in [0.3, 0.4) is 0 Å². The second-order valence-corrected chi connectivity index (χ2v) is 10.3. The molecule has 11 nitrogen and oxygen atoms in total. The Morgan fingerprint density at radius 2 is 1.79 bits per heavy atom. The predicted molar refractivity (Wildman–Crippen MR) is 120 cm³/mol. The van der Waals surface area contributed by atoms with Crippen molar-refractivity contribution in [3.63, 3.8) is 0 Å². The minimum Gasteiger partial charge on any atom is -0.462 e. The van der Waals surface area contributed by atoms with Crippen molar-refractivity contribution in [1.82, 2.24) is 4.72 Å². The maximum Gasteiger partial charge on any atom is 0.362 e. The van der Waals surface area contributed by atoms with Crippen molar-refractivity contribution >= 4 is 38.1 Å². The lowest BCUT2D eigenvalue weighted by atomic mass is 10.0. The molecule has 1 aliphatic rings. The number of hydrogen-bond donors (Lipinski definition) is 4. The van der Waals surface area contributed by atoms with Crippen LogP contribution in [-0.2, 0) is 28.8 Å². The van der Waals surface area contributed by atoms with Crippen molar-refractivity contribution in [2.24, 2.45) is 11.7 Å². The Morgan fingerprint density at radius 3 is 2.39 bits per heavy atom. The van der Waals surface area contributed by atoms with Gasteiger partial charge >= 0.3 is 16.3 Å². The van der Waals surface area contributed by atoms with Crippen LogP contribution in [0.5, 0.6) is 0 Å². The van der Waals surface area contributed by atoms with Gasteiger partial charge in [-0.3, -0.25) is 8.98 Å². The summed E-state index contributed by atoms with van der Waals surface area (Å²) in [6, 6.07) is 5.52. The number of aliphatic hydroxyl groups excluding tert-OH is 2. The molecule has 1 aliphatic heterocycles. The van der Waals surface area contributed by atoms with Crippen LogP contribution in [0.25, 0.3) is 0 Å². The Balaban J connectivity index is 1.80. The van der Waals surface area contributed by atoms with E-state index in [0.717, 1.165) is 4.47 Å². The van der Waals surface area contributed by atoms with E-state index >= 15 is 0 Å². The maximum absolute atomic E-state index is 12.0. The van der Waals surface area contributed by atoms with Gasteiger partial charge in [-0.1, -0.05) is 29.8 Å². The summed E-state index contributed by atoms with van der Waals surface area (Å²) < 4.78 is 41.8. The topological polar surface area (TPSA) is 174 Å². The second-order valence-electron chi connectivity index (χ2n) is 8.07. The first kappa shape index (κ1) is 27.6. The molecule has 5 N–H and O–H groups in total. The minimum atomic E-state index is -4.49. The third-order valence-electron chi connectivity index (χ3n) is 4.85.